The molecule has 4 heteroatoms. The van der Waals surface area contributed by atoms with Gasteiger partial charge in [0.2, 0.25) is 0 Å². The molecule has 0 saturated heterocycles. The summed E-state index contributed by atoms with van der Waals surface area (Å²) in [5.74, 6) is 0.354. The predicted molar refractivity (Wildman–Crippen MR) is 74.7 cm³/mol. The van der Waals surface area contributed by atoms with Crippen molar-refractivity contribution in [1.29, 1.82) is 0 Å². The fourth-order valence-corrected chi connectivity index (χ4v) is 2.46. The summed E-state index contributed by atoms with van der Waals surface area (Å²) in [6.45, 7) is 1.15. The molecule has 0 saturated carbocycles. The van der Waals surface area contributed by atoms with E-state index in [1.807, 2.05) is 24.3 Å². The van der Waals surface area contributed by atoms with Gasteiger partial charge in [-0.2, -0.15) is 0 Å². The molecule has 0 spiro atoms. The fraction of sp³-hybridized carbons (Fsp3) is 0.188. The van der Waals surface area contributed by atoms with E-state index in [1.54, 1.807) is 17.0 Å². The molecule has 0 unspecified atom stereocenters. The minimum Gasteiger partial charge on any atom is -0.507 e. The highest BCUT2D eigenvalue weighted by Crippen LogP contribution is 2.28. The first kappa shape index (κ1) is 12.5. The average Bonchev–Trinajstić information content (AvgIpc) is 2.91. The number of nitrogens with zero attached hydrogens (tertiary/aromatic N) is 1. The molecular formula is C16H15NO3. The van der Waals surface area contributed by atoms with Crippen LogP contribution in [-0.2, 0) is 13.1 Å². The molecule has 1 amide bonds. The van der Waals surface area contributed by atoms with Crippen LogP contribution >= 0.6 is 0 Å². The highest BCUT2D eigenvalue weighted by atomic mass is 16.5. The molecule has 0 aromatic heterocycles. The number of methoxy groups -OCH3 is 1. The summed E-state index contributed by atoms with van der Waals surface area (Å²) in [5, 5.41) is 9.88. The zero-order valence-electron chi connectivity index (χ0n) is 11.2. The Kier molecular flexibility index (Phi) is 3.06. The summed E-state index contributed by atoms with van der Waals surface area (Å²) in [6, 6.07) is 12.7. The van der Waals surface area contributed by atoms with Crippen LogP contribution in [0, 0.1) is 0 Å². The van der Waals surface area contributed by atoms with Gasteiger partial charge in [-0.25, -0.2) is 0 Å². The Morgan fingerprint density at radius 1 is 1.15 bits per heavy atom. The number of amides is 1. The average molecular weight is 269 g/mol. The summed E-state index contributed by atoms with van der Waals surface area (Å²) in [6.07, 6.45) is 0. The maximum Gasteiger partial charge on any atom is 0.258 e. The predicted octanol–water partition coefficient (Wildman–Crippen LogP) is 2.56. The van der Waals surface area contributed by atoms with Crippen molar-refractivity contribution < 1.29 is 14.6 Å². The van der Waals surface area contributed by atoms with Crippen molar-refractivity contribution in [3.63, 3.8) is 0 Å². The van der Waals surface area contributed by atoms with Gasteiger partial charge in [0.05, 0.1) is 12.7 Å². The molecule has 2 aromatic carbocycles. The lowest BCUT2D eigenvalue weighted by molar-refractivity contribution is 0.0748. The number of hydrogen-bond acceptors (Lipinski definition) is 3. The second-order valence-corrected chi connectivity index (χ2v) is 4.81. The van der Waals surface area contributed by atoms with E-state index in [9.17, 15) is 9.90 Å². The van der Waals surface area contributed by atoms with Crippen LogP contribution in [0.3, 0.4) is 0 Å². The Hall–Kier alpha value is -2.49. The lowest BCUT2D eigenvalue weighted by Gasteiger charge is -2.16. The molecule has 1 N–H and O–H groups in total. The van der Waals surface area contributed by atoms with Gasteiger partial charge in [-0.15, -0.1) is 0 Å². The van der Waals surface area contributed by atoms with E-state index in [1.165, 1.54) is 13.2 Å². The second kappa shape index (κ2) is 4.89. The lowest BCUT2D eigenvalue weighted by atomic mass is 10.1. The SMILES string of the molecule is COc1ccc(O)c(C(=O)N2Cc3ccccc3C2)c1. The van der Waals surface area contributed by atoms with Crippen molar-refractivity contribution in [2.45, 2.75) is 13.1 Å². The molecule has 3 rings (SSSR count). The van der Waals surface area contributed by atoms with Gasteiger partial charge in [0, 0.05) is 13.1 Å². The standard InChI is InChI=1S/C16H15NO3/c1-20-13-6-7-15(18)14(8-13)16(19)17-9-11-4-2-3-5-12(11)10-17/h2-8,18H,9-10H2,1H3. The minimum absolute atomic E-state index is 0.0215. The first-order valence-corrected chi connectivity index (χ1v) is 6.42. The smallest absolute Gasteiger partial charge is 0.258 e. The van der Waals surface area contributed by atoms with E-state index in [4.69, 9.17) is 4.74 Å². The Morgan fingerprint density at radius 2 is 1.80 bits per heavy atom. The monoisotopic (exact) mass is 269 g/mol. The van der Waals surface area contributed by atoms with Gasteiger partial charge in [-0.05, 0) is 29.3 Å². The zero-order valence-corrected chi connectivity index (χ0v) is 11.2. The summed E-state index contributed by atoms with van der Waals surface area (Å²) in [4.78, 5) is 14.2. The Bertz CT molecular complexity index is 642. The number of aromatic hydroxyl groups is 1. The molecule has 102 valence electrons. The van der Waals surface area contributed by atoms with Crippen LogP contribution in [0.2, 0.25) is 0 Å². The highest BCUT2D eigenvalue weighted by molar-refractivity contribution is 5.97. The van der Waals surface area contributed by atoms with Crippen molar-refractivity contribution in [1.82, 2.24) is 4.90 Å². The van der Waals surface area contributed by atoms with Gasteiger partial charge in [-0.1, -0.05) is 24.3 Å². The van der Waals surface area contributed by atoms with Gasteiger partial charge >= 0.3 is 0 Å². The van der Waals surface area contributed by atoms with Gasteiger partial charge in [0.25, 0.3) is 5.91 Å². The van der Waals surface area contributed by atoms with E-state index in [-0.39, 0.29) is 17.2 Å². The van der Waals surface area contributed by atoms with Gasteiger partial charge in [0.1, 0.15) is 11.5 Å². The van der Waals surface area contributed by atoms with Gasteiger partial charge in [0.15, 0.2) is 0 Å². The first-order valence-electron chi connectivity index (χ1n) is 6.42. The first-order chi connectivity index (χ1) is 9.69. The fourth-order valence-electron chi connectivity index (χ4n) is 2.46. The van der Waals surface area contributed by atoms with E-state index in [2.05, 4.69) is 0 Å². The number of ether oxygens (including phenoxy) is 1. The maximum absolute atomic E-state index is 12.5. The summed E-state index contributed by atoms with van der Waals surface area (Å²) in [5.41, 5.74) is 2.59. The Morgan fingerprint density at radius 3 is 2.40 bits per heavy atom. The van der Waals surface area contributed by atoms with Crippen LogP contribution in [0.1, 0.15) is 21.5 Å². The normalized spacial score (nSPS) is 13.2. The third kappa shape index (κ3) is 2.09. The van der Waals surface area contributed by atoms with E-state index < -0.39 is 0 Å². The molecule has 0 bridgehead atoms. The number of carbonyl (C=O) groups is 1. The van der Waals surface area contributed by atoms with Crippen LogP contribution in [0.15, 0.2) is 42.5 Å². The van der Waals surface area contributed by atoms with Gasteiger partial charge < -0.3 is 14.7 Å². The molecule has 1 aliphatic heterocycles. The molecule has 0 atom stereocenters. The number of benzene rings is 2. The van der Waals surface area contributed by atoms with Crippen LogP contribution < -0.4 is 4.74 Å². The number of rotatable bonds is 2. The quantitative estimate of drug-likeness (QED) is 0.911. The molecule has 2 aromatic rings. The van der Waals surface area contributed by atoms with Crippen LogP contribution in [0.4, 0.5) is 0 Å². The van der Waals surface area contributed by atoms with Crippen molar-refractivity contribution >= 4 is 5.91 Å². The van der Waals surface area contributed by atoms with Crippen molar-refractivity contribution in [3.05, 3.63) is 59.2 Å². The number of hydrogen-bond donors (Lipinski definition) is 1. The topological polar surface area (TPSA) is 49.8 Å². The number of carbonyl (C=O) groups excluding carboxylic acids is 1. The van der Waals surface area contributed by atoms with E-state index in [0.717, 1.165) is 11.1 Å². The molecular weight excluding hydrogens is 254 g/mol. The van der Waals surface area contributed by atoms with Crippen LogP contribution in [-0.4, -0.2) is 23.0 Å². The molecule has 4 nitrogen and oxygen atoms in total. The maximum atomic E-state index is 12.5. The third-order valence-corrected chi connectivity index (χ3v) is 3.56. The van der Waals surface area contributed by atoms with Crippen molar-refractivity contribution in [2.24, 2.45) is 0 Å². The van der Waals surface area contributed by atoms with Gasteiger partial charge in [-0.3, -0.25) is 4.79 Å². The number of phenols is 1. The van der Waals surface area contributed by atoms with E-state index in [0.29, 0.717) is 18.8 Å². The lowest BCUT2D eigenvalue weighted by Crippen LogP contribution is -2.25. The van der Waals surface area contributed by atoms with Crippen molar-refractivity contribution in [3.8, 4) is 11.5 Å². The number of fused-ring (bicyclic) bond motifs is 1. The summed E-state index contributed by atoms with van der Waals surface area (Å²) >= 11 is 0. The molecule has 0 fully saturated rings. The van der Waals surface area contributed by atoms with E-state index >= 15 is 0 Å². The molecule has 0 radical (unpaired) electrons. The highest BCUT2D eigenvalue weighted by Gasteiger charge is 2.25. The Labute approximate surface area is 117 Å². The molecule has 20 heavy (non-hydrogen) atoms. The molecule has 0 aliphatic carbocycles. The van der Waals surface area contributed by atoms with Crippen LogP contribution in [0.5, 0.6) is 11.5 Å². The summed E-state index contributed by atoms with van der Waals surface area (Å²) in [7, 11) is 1.53. The number of phenolic OH excluding ortho intramolecular Hbond substituents is 1. The van der Waals surface area contributed by atoms with Crippen molar-refractivity contribution in [2.75, 3.05) is 7.11 Å². The molecule has 1 heterocycles. The Balaban J connectivity index is 1.88. The minimum atomic E-state index is -0.183. The van der Waals surface area contributed by atoms with Crippen LogP contribution in [0.25, 0.3) is 0 Å². The third-order valence-electron chi connectivity index (χ3n) is 3.56. The summed E-state index contributed by atoms with van der Waals surface area (Å²) < 4.78 is 5.10. The largest absolute Gasteiger partial charge is 0.507 e. The second-order valence-electron chi connectivity index (χ2n) is 4.81. The zero-order chi connectivity index (χ0) is 14.1. The molecule has 1 aliphatic rings.